The van der Waals surface area contributed by atoms with Crippen LogP contribution >= 0.6 is 12.2 Å². The van der Waals surface area contributed by atoms with E-state index in [2.05, 4.69) is 20.6 Å². The van der Waals surface area contributed by atoms with E-state index in [9.17, 15) is 32.3 Å². The molecule has 0 spiro atoms. The summed E-state index contributed by atoms with van der Waals surface area (Å²) in [4.78, 5) is 35.3. The molecule has 0 aromatic carbocycles. The summed E-state index contributed by atoms with van der Waals surface area (Å²) in [6.07, 6.45) is -0.368. The SMILES string of the molecule is C/C(=N\C(C(=O)N1CC(F)(F)C[C@@H]1C)C(=S)c1cnc(N[C@@H](C)C2CC2)cc1C(F)F)C(=O)N[C@H](C)C(C)(C)O. The molecule has 1 saturated carbocycles. The van der Waals surface area contributed by atoms with Crippen molar-refractivity contribution in [3.05, 3.63) is 23.4 Å². The minimum atomic E-state index is -3.14. The van der Waals surface area contributed by atoms with Crippen molar-refractivity contribution in [2.24, 2.45) is 10.9 Å². The van der Waals surface area contributed by atoms with E-state index in [4.69, 9.17) is 12.2 Å². The molecule has 1 aromatic rings. The lowest BCUT2D eigenvalue weighted by molar-refractivity contribution is -0.132. The quantitative estimate of drug-likeness (QED) is 0.154. The van der Waals surface area contributed by atoms with Crippen LogP contribution in [0, 0.1) is 5.92 Å². The topological polar surface area (TPSA) is 107 Å². The van der Waals surface area contributed by atoms with E-state index in [0.29, 0.717) is 5.92 Å². The van der Waals surface area contributed by atoms with Crippen molar-refractivity contribution in [2.75, 3.05) is 11.9 Å². The number of aromatic nitrogens is 1. The zero-order valence-corrected chi connectivity index (χ0v) is 24.3. The lowest BCUT2D eigenvalue weighted by Gasteiger charge is -2.27. The molecular formula is C27H37F4N5O3S. The van der Waals surface area contributed by atoms with Crippen LogP contribution in [0.1, 0.15) is 78.4 Å². The summed E-state index contributed by atoms with van der Waals surface area (Å²) < 4.78 is 56.7. The predicted molar refractivity (Wildman–Crippen MR) is 148 cm³/mol. The summed E-state index contributed by atoms with van der Waals surface area (Å²) >= 11 is 5.48. The largest absolute Gasteiger partial charge is 0.388 e. The number of aliphatic hydroxyl groups is 1. The van der Waals surface area contributed by atoms with E-state index in [1.54, 1.807) is 6.92 Å². The van der Waals surface area contributed by atoms with Gasteiger partial charge in [-0.15, -0.1) is 0 Å². The fourth-order valence-corrected chi connectivity index (χ4v) is 4.78. The predicted octanol–water partition coefficient (Wildman–Crippen LogP) is 4.31. The second-order valence-electron chi connectivity index (χ2n) is 11.4. The van der Waals surface area contributed by atoms with Crippen LogP contribution in [0.25, 0.3) is 0 Å². The second kappa shape index (κ2) is 12.1. The zero-order valence-electron chi connectivity index (χ0n) is 23.5. The van der Waals surface area contributed by atoms with Crippen molar-refractivity contribution < 1.29 is 32.3 Å². The number of nitrogens with one attached hydrogen (secondary N) is 2. The Morgan fingerprint density at radius 1 is 1.27 bits per heavy atom. The molecule has 1 aliphatic carbocycles. The van der Waals surface area contributed by atoms with E-state index in [1.165, 1.54) is 27.7 Å². The average molecular weight is 588 g/mol. The second-order valence-corrected chi connectivity index (χ2v) is 11.9. The molecule has 3 N–H and O–H groups in total. The number of anilines is 1. The Kier molecular flexibility index (Phi) is 9.60. The standard InChI is InChI=1S/C27H37F4N5O3S/c1-13-10-27(30,31)12-36(13)25(38)21(34-15(3)24(37)35-16(4)26(5,6)39)22(40)19-11-32-20(9-18(19)23(28)29)33-14(2)17-7-8-17/h9,11,13-14,16-17,21,23,39H,7-8,10,12H2,1-6H3,(H,32,33)(H,35,37)/b34-15+/t13-,14-,16+,21?/m0/s1. The van der Waals surface area contributed by atoms with E-state index in [1.807, 2.05) is 6.92 Å². The van der Waals surface area contributed by atoms with Crippen molar-refractivity contribution in [3.8, 4) is 0 Å². The smallest absolute Gasteiger partial charge is 0.267 e. The lowest BCUT2D eigenvalue weighted by Crippen LogP contribution is -2.49. The van der Waals surface area contributed by atoms with Crippen LogP contribution in [-0.4, -0.2) is 79.6 Å². The van der Waals surface area contributed by atoms with Gasteiger partial charge in [0.1, 0.15) is 5.82 Å². The highest BCUT2D eigenvalue weighted by molar-refractivity contribution is 7.81. The van der Waals surface area contributed by atoms with E-state index in [-0.39, 0.29) is 28.0 Å². The Labute approximate surface area is 237 Å². The Bertz CT molecular complexity index is 1170. The van der Waals surface area contributed by atoms with Gasteiger partial charge in [-0.2, -0.15) is 0 Å². The van der Waals surface area contributed by atoms with Gasteiger partial charge in [-0.25, -0.2) is 22.5 Å². The normalized spacial score (nSPS) is 21.6. The number of hydrogen-bond acceptors (Lipinski definition) is 7. The Morgan fingerprint density at radius 2 is 1.90 bits per heavy atom. The summed E-state index contributed by atoms with van der Waals surface area (Å²) in [5.41, 5.74) is -2.23. The van der Waals surface area contributed by atoms with Crippen LogP contribution in [-0.2, 0) is 9.59 Å². The van der Waals surface area contributed by atoms with Gasteiger partial charge < -0.3 is 20.6 Å². The van der Waals surface area contributed by atoms with E-state index >= 15 is 0 Å². The molecular weight excluding hydrogens is 550 g/mol. The summed E-state index contributed by atoms with van der Waals surface area (Å²) in [5, 5.41) is 15.8. The summed E-state index contributed by atoms with van der Waals surface area (Å²) in [7, 11) is 0. The first-order chi connectivity index (χ1) is 18.4. The summed E-state index contributed by atoms with van der Waals surface area (Å²) in [6, 6.07) is -2.10. The van der Waals surface area contributed by atoms with Crippen LogP contribution in [0.3, 0.4) is 0 Å². The van der Waals surface area contributed by atoms with Crippen molar-refractivity contribution in [1.29, 1.82) is 0 Å². The molecule has 2 amide bonds. The third-order valence-corrected chi connectivity index (χ3v) is 7.94. The minimum Gasteiger partial charge on any atom is -0.388 e. The molecule has 0 bridgehead atoms. The molecule has 1 aromatic heterocycles. The third-order valence-electron chi connectivity index (χ3n) is 7.49. The maximum Gasteiger partial charge on any atom is 0.267 e. The summed E-state index contributed by atoms with van der Waals surface area (Å²) in [6.45, 7) is 8.32. The number of likely N-dealkylation sites (tertiary alicyclic amines) is 1. The Balaban J connectivity index is 1.99. The van der Waals surface area contributed by atoms with Crippen molar-refractivity contribution in [1.82, 2.24) is 15.2 Å². The number of carbonyl (C=O) groups excluding carboxylic acids is 2. The number of aliphatic imine (C=N–C) groups is 1. The van der Waals surface area contributed by atoms with Gasteiger partial charge >= 0.3 is 0 Å². The fourth-order valence-electron chi connectivity index (χ4n) is 4.45. The maximum absolute atomic E-state index is 14.2. The highest BCUT2D eigenvalue weighted by Crippen LogP contribution is 2.35. The molecule has 3 rings (SSSR count). The molecule has 1 aliphatic heterocycles. The third kappa shape index (κ3) is 7.74. The molecule has 0 radical (unpaired) electrons. The monoisotopic (exact) mass is 587 g/mol. The number of thiocarbonyl (C=S) groups is 1. The lowest BCUT2D eigenvalue weighted by atomic mass is 10.00. The number of nitrogens with zero attached hydrogens (tertiary/aromatic N) is 3. The van der Waals surface area contributed by atoms with Gasteiger partial charge in [0.15, 0.2) is 6.04 Å². The molecule has 40 heavy (non-hydrogen) atoms. The molecule has 2 aliphatic rings. The molecule has 1 unspecified atom stereocenters. The van der Waals surface area contributed by atoms with Crippen LogP contribution in [0.15, 0.2) is 17.3 Å². The first-order valence-electron chi connectivity index (χ1n) is 13.3. The van der Waals surface area contributed by atoms with Gasteiger partial charge in [0.05, 0.1) is 28.8 Å². The number of carbonyl (C=O) groups is 2. The van der Waals surface area contributed by atoms with Gasteiger partial charge in [0.25, 0.3) is 24.2 Å². The van der Waals surface area contributed by atoms with Crippen LogP contribution < -0.4 is 10.6 Å². The maximum atomic E-state index is 14.2. The van der Waals surface area contributed by atoms with Crippen LogP contribution in [0.4, 0.5) is 23.4 Å². The van der Waals surface area contributed by atoms with Gasteiger partial charge in [0.2, 0.25) is 0 Å². The van der Waals surface area contributed by atoms with Gasteiger partial charge in [0, 0.05) is 35.8 Å². The highest BCUT2D eigenvalue weighted by atomic mass is 32.1. The van der Waals surface area contributed by atoms with Crippen molar-refractivity contribution in [3.63, 3.8) is 0 Å². The Hall–Kier alpha value is -2.67. The molecule has 1 saturated heterocycles. The van der Waals surface area contributed by atoms with Gasteiger partial charge in [-0.05, 0) is 66.4 Å². The summed E-state index contributed by atoms with van der Waals surface area (Å²) in [5.74, 6) is -4.15. The minimum absolute atomic E-state index is 0.0283. The average Bonchev–Trinajstić information content (AvgIpc) is 3.65. The zero-order chi connectivity index (χ0) is 30.2. The molecule has 2 fully saturated rings. The number of rotatable bonds is 11. The Morgan fingerprint density at radius 3 is 2.40 bits per heavy atom. The number of amides is 2. The molecule has 13 heteroatoms. The number of pyridine rings is 1. The highest BCUT2D eigenvalue weighted by Gasteiger charge is 2.47. The molecule has 4 atom stereocenters. The van der Waals surface area contributed by atoms with Crippen LogP contribution in [0.5, 0.6) is 0 Å². The number of halogens is 4. The first kappa shape index (κ1) is 31.9. The molecule has 222 valence electrons. The van der Waals surface area contributed by atoms with Gasteiger partial charge in [-0.3, -0.25) is 14.6 Å². The number of hydrogen-bond donors (Lipinski definition) is 3. The van der Waals surface area contributed by atoms with E-state index in [0.717, 1.165) is 30.0 Å². The molecule has 2 heterocycles. The van der Waals surface area contributed by atoms with Crippen LogP contribution in [0.2, 0.25) is 0 Å². The molecule has 8 nitrogen and oxygen atoms in total. The first-order valence-corrected chi connectivity index (χ1v) is 13.7. The number of alkyl halides is 4. The van der Waals surface area contributed by atoms with Crippen molar-refractivity contribution >= 4 is 40.4 Å². The van der Waals surface area contributed by atoms with Crippen molar-refractivity contribution in [2.45, 2.75) is 103 Å². The van der Waals surface area contributed by atoms with E-state index < -0.39 is 66.4 Å². The van der Waals surface area contributed by atoms with Gasteiger partial charge in [-0.1, -0.05) is 12.2 Å². The fraction of sp³-hybridized carbons (Fsp3) is 0.667.